The number of amidine groups is 1. The first-order chi connectivity index (χ1) is 13.2. The van der Waals surface area contributed by atoms with E-state index in [1.54, 1.807) is 0 Å². The zero-order chi connectivity index (χ0) is 21.8. The van der Waals surface area contributed by atoms with Crippen molar-refractivity contribution in [2.75, 3.05) is 6.67 Å². The summed E-state index contributed by atoms with van der Waals surface area (Å²) in [6, 6.07) is 2.76. The Morgan fingerprint density at radius 1 is 1.17 bits per heavy atom. The Balaban J connectivity index is 2.04. The Hall–Kier alpha value is -1.88. The number of rotatable bonds is 3. The lowest BCUT2D eigenvalue weighted by Gasteiger charge is -2.36. The molecule has 5 nitrogen and oxygen atoms in total. The minimum Gasteiger partial charge on any atom is -0.452 e. The fourth-order valence-electron chi connectivity index (χ4n) is 3.31. The Morgan fingerprint density at radius 3 is 2.28 bits per heavy atom. The van der Waals surface area contributed by atoms with Crippen molar-refractivity contribution in [2.45, 2.75) is 63.1 Å². The molecule has 2 heterocycles. The molecule has 1 saturated heterocycles. The molecule has 3 rings (SSSR count). The molecule has 1 fully saturated rings. The lowest BCUT2D eigenvalue weighted by Crippen LogP contribution is -2.48. The van der Waals surface area contributed by atoms with E-state index in [-0.39, 0.29) is 5.56 Å². The van der Waals surface area contributed by atoms with Crippen molar-refractivity contribution in [1.82, 2.24) is 0 Å². The zero-order valence-corrected chi connectivity index (χ0v) is 16.4. The van der Waals surface area contributed by atoms with Gasteiger partial charge in [0.15, 0.2) is 6.10 Å². The van der Waals surface area contributed by atoms with Crippen LogP contribution < -0.4 is 11.2 Å². The molecule has 2 atom stereocenters. The van der Waals surface area contributed by atoms with Crippen molar-refractivity contribution >= 4 is 18.6 Å². The molecule has 0 saturated carbocycles. The van der Waals surface area contributed by atoms with Crippen LogP contribution in [-0.4, -0.2) is 43.3 Å². The van der Waals surface area contributed by atoms with E-state index in [1.165, 1.54) is 12.1 Å². The summed E-state index contributed by atoms with van der Waals surface area (Å²) in [5, 5.41) is 0. The molecular formula is C18H22BF5N2O3. The van der Waals surface area contributed by atoms with Crippen LogP contribution in [0.3, 0.4) is 0 Å². The van der Waals surface area contributed by atoms with Crippen LogP contribution in [0.2, 0.25) is 0 Å². The average Bonchev–Trinajstić information content (AvgIpc) is 2.81. The second-order valence-electron chi connectivity index (χ2n) is 8.30. The third kappa shape index (κ3) is 3.82. The van der Waals surface area contributed by atoms with Gasteiger partial charge >= 0.3 is 13.3 Å². The van der Waals surface area contributed by atoms with E-state index in [2.05, 4.69) is 9.73 Å². The van der Waals surface area contributed by atoms with Gasteiger partial charge in [0.05, 0.1) is 11.2 Å². The first-order valence-electron chi connectivity index (χ1n) is 9.01. The summed E-state index contributed by atoms with van der Waals surface area (Å²) >= 11 is 0. The van der Waals surface area contributed by atoms with Gasteiger partial charge in [-0.15, -0.1) is 0 Å². The quantitative estimate of drug-likeness (QED) is 0.604. The van der Waals surface area contributed by atoms with E-state index < -0.39 is 61.1 Å². The van der Waals surface area contributed by atoms with Gasteiger partial charge < -0.3 is 19.8 Å². The van der Waals surface area contributed by atoms with Gasteiger partial charge in [0.1, 0.15) is 18.0 Å². The van der Waals surface area contributed by atoms with Crippen LogP contribution in [0.5, 0.6) is 0 Å². The fraction of sp³-hybridized carbons (Fsp3) is 0.611. The molecular weight excluding hydrogens is 398 g/mol. The maximum Gasteiger partial charge on any atom is 0.494 e. The largest absolute Gasteiger partial charge is 0.494 e. The summed E-state index contributed by atoms with van der Waals surface area (Å²) in [7, 11) is -0.907. The Kier molecular flexibility index (Phi) is 5.14. The van der Waals surface area contributed by atoms with Crippen LogP contribution in [0.25, 0.3) is 0 Å². The fourth-order valence-corrected chi connectivity index (χ4v) is 3.31. The van der Waals surface area contributed by atoms with Gasteiger partial charge in [0, 0.05) is 12.0 Å². The van der Waals surface area contributed by atoms with Gasteiger partial charge in [0.25, 0.3) is 6.02 Å². The number of alkyl halides is 4. The number of aliphatic imine (C=N–C) groups is 1. The molecule has 0 aliphatic carbocycles. The second kappa shape index (κ2) is 6.83. The highest BCUT2D eigenvalue weighted by Crippen LogP contribution is 2.42. The summed E-state index contributed by atoms with van der Waals surface area (Å²) in [5.74, 6) is -0.915. The highest BCUT2D eigenvalue weighted by molar-refractivity contribution is 6.62. The Morgan fingerprint density at radius 2 is 1.76 bits per heavy atom. The predicted molar refractivity (Wildman–Crippen MR) is 96.9 cm³/mol. The lowest BCUT2D eigenvalue weighted by molar-refractivity contribution is -0.209. The summed E-state index contributed by atoms with van der Waals surface area (Å²) in [6.45, 7) is 5.87. The molecule has 0 spiro atoms. The van der Waals surface area contributed by atoms with Gasteiger partial charge in [-0.05, 0) is 39.2 Å². The number of ether oxygens (including phenoxy) is 1. The van der Waals surface area contributed by atoms with Crippen LogP contribution >= 0.6 is 0 Å². The van der Waals surface area contributed by atoms with Crippen molar-refractivity contribution in [3.63, 3.8) is 0 Å². The van der Waals surface area contributed by atoms with E-state index in [9.17, 15) is 22.0 Å². The van der Waals surface area contributed by atoms with Gasteiger partial charge in [-0.25, -0.2) is 13.8 Å². The number of hydrogen-bond donors (Lipinski definition) is 1. The van der Waals surface area contributed by atoms with E-state index in [0.29, 0.717) is 5.46 Å². The molecule has 0 radical (unpaired) electrons. The summed E-state index contributed by atoms with van der Waals surface area (Å²) in [4.78, 5) is 3.73. The van der Waals surface area contributed by atoms with Crippen LogP contribution in [0, 0.1) is 5.82 Å². The van der Waals surface area contributed by atoms with Gasteiger partial charge in [-0.2, -0.15) is 13.2 Å². The van der Waals surface area contributed by atoms with Crippen LogP contribution in [0.15, 0.2) is 23.2 Å². The average molecular weight is 420 g/mol. The normalized spacial score (nSPS) is 28.8. The highest BCUT2D eigenvalue weighted by Gasteiger charge is 2.54. The van der Waals surface area contributed by atoms with E-state index in [4.69, 9.17) is 15.0 Å². The SMILES string of the molecule is CC1(C)OB(c2ccc(F)c(C3(CF)CC(C(F)(F)F)OC(N)=N3)c2)OC1(C)C. The molecule has 2 unspecified atom stereocenters. The molecule has 160 valence electrons. The van der Waals surface area contributed by atoms with E-state index in [0.717, 1.165) is 6.07 Å². The highest BCUT2D eigenvalue weighted by atomic mass is 19.4. The van der Waals surface area contributed by atoms with Crippen molar-refractivity contribution < 1.29 is 36.0 Å². The third-order valence-corrected chi connectivity index (χ3v) is 5.71. The van der Waals surface area contributed by atoms with Gasteiger partial charge in [0.2, 0.25) is 0 Å². The van der Waals surface area contributed by atoms with Crippen molar-refractivity contribution in [3.05, 3.63) is 29.6 Å². The molecule has 0 bridgehead atoms. The monoisotopic (exact) mass is 420 g/mol. The lowest BCUT2D eigenvalue weighted by atomic mass is 9.75. The molecule has 2 aliphatic heterocycles. The minimum absolute atomic E-state index is 0.330. The van der Waals surface area contributed by atoms with Crippen LogP contribution in [0.1, 0.15) is 39.7 Å². The van der Waals surface area contributed by atoms with Gasteiger partial charge in [-0.3, -0.25) is 0 Å². The molecule has 29 heavy (non-hydrogen) atoms. The number of benzene rings is 1. The van der Waals surface area contributed by atoms with Crippen molar-refractivity contribution in [3.8, 4) is 0 Å². The number of hydrogen-bond acceptors (Lipinski definition) is 5. The molecule has 0 aromatic heterocycles. The minimum atomic E-state index is -4.82. The predicted octanol–water partition coefficient (Wildman–Crippen LogP) is 2.96. The second-order valence-corrected chi connectivity index (χ2v) is 8.30. The maximum atomic E-state index is 14.6. The number of halogens is 5. The molecule has 2 aliphatic rings. The summed E-state index contributed by atoms with van der Waals surface area (Å²) < 4.78 is 84.7. The van der Waals surface area contributed by atoms with Gasteiger partial charge in [-0.1, -0.05) is 12.1 Å². The molecule has 2 N–H and O–H groups in total. The summed E-state index contributed by atoms with van der Waals surface area (Å²) in [5.41, 5.74) is 1.79. The standard InChI is InChI=1S/C18H22BF5N2O3/c1-15(2)16(3,4)29-19(28-15)10-5-6-12(21)11(7-10)17(9-20)8-13(18(22,23)24)27-14(25)26-17/h5-7,13H,8-9H2,1-4H3,(H2,25,26). The van der Waals surface area contributed by atoms with Crippen LogP contribution in [-0.2, 0) is 19.6 Å². The Bertz CT molecular complexity index is 814. The van der Waals surface area contributed by atoms with Crippen LogP contribution in [0.4, 0.5) is 22.0 Å². The molecule has 1 aromatic rings. The van der Waals surface area contributed by atoms with E-state index >= 15 is 0 Å². The van der Waals surface area contributed by atoms with Crippen molar-refractivity contribution in [2.24, 2.45) is 10.7 Å². The third-order valence-electron chi connectivity index (χ3n) is 5.71. The van der Waals surface area contributed by atoms with E-state index in [1.807, 2.05) is 27.7 Å². The topological polar surface area (TPSA) is 66.1 Å². The van der Waals surface area contributed by atoms with Crippen molar-refractivity contribution in [1.29, 1.82) is 0 Å². The summed E-state index contributed by atoms with van der Waals surface area (Å²) in [6.07, 6.45) is -8.17. The Labute approximate surface area is 165 Å². The zero-order valence-electron chi connectivity index (χ0n) is 16.4. The number of nitrogens with zero attached hydrogens (tertiary/aromatic N) is 1. The number of nitrogens with two attached hydrogens (primary N) is 1. The molecule has 1 aromatic carbocycles. The smallest absolute Gasteiger partial charge is 0.452 e. The molecule has 11 heteroatoms. The first-order valence-corrected chi connectivity index (χ1v) is 9.01. The molecule has 0 amide bonds. The first kappa shape index (κ1) is 21.8. The maximum absolute atomic E-state index is 14.6.